The van der Waals surface area contributed by atoms with Crippen LogP contribution in [0.25, 0.3) is 0 Å². The first kappa shape index (κ1) is 12.0. The smallest absolute Gasteiger partial charge is 0.224 e. The van der Waals surface area contributed by atoms with Crippen molar-refractivity contribution in [3.8, 4) is 0 Å². The summed E-state index contributed by atoms with van der Waals surface area (Å²) in [5.74, 6) is 0. The Morgan fingerprint density at radius 1 is 1.00 bits per heavy atom. The number of hydrogen-bond donors (Lipinski definition) is 0. The van der Waals surface area contributed by atoms with Crippen LogP contribution in [0.4, 0.5) is 11.4 Å². The second-order valence-electron chi connectivity index (χ2n) is 2.86. The molecule has 0 aliphatic rings. The molecule has 0 spiro atoms. The van der Waals surface area contributed by atoms with E-state index in [4.69, 9.17) is 0 Å². The second-order valence-corrected chi connectivity index (χ2v) is 4.88. The number of hydrogen-bond acceptors (Lipinski definition) is 6. The highest BCUT2D eigenvalue weighted by Crippen LogP contribution is 2.25. The number of benzene rings is 1. The minimum atomic E-state index is -3.46. The molecular weight excluding hydrogens is 232 g/mol. The van der Waals surface area contributed by atoms with Crippen LogP contribution in [0.3, 0.4) is 0 Å². The van der Waals surface area contributed by atoms with Crippen molar-refractivity contribution in [3.63, 3.8) is 0 Å². The van der Waals surface area contributed by atoms with Crippen LogP contribution in [0, 0.1) is 0 Å². The van der Waals surface area contributed by atoms with Gasteiger partial charge in [-0.3, -0.25) is 0 Å². The maximum absolute atomic E-state index is 11.3. The molecule has 0 heterocycles. The van der Waals surface area contributed by atoms with Crippen LogP contribution in [0.15, 0.2) is 33.1 Å². The van der Waals surface area contributed by atoms with E-state index in [2.05, 4.69) is 9.98 Å². The fourth-order valence-corrected chi connectivity index (χ4v) is 1.69. The fourth-order valence-electron chi connectivity index (χ4n) is 1.02. The first-order valence-electron chi connectivity index (χ1n) is 3.98. The van der Waals surface area contributed by atoms with Crippen molar-refractivity contribution in [1.29, 1.82) is 0 Å². The third kappa shape index (κ3) is 2.96. The van der Waals surface area contributed by atoms with Gasteiger partial charge in [-0.25, -0.2) is 18.0 Å². The lowest BCUT2D eigenvalue weighted by molar-refractivity contribution is 0.565. The molecule has 0 unspecified atom stereocenters. The Morgan fingerprint density at radius 3 is 1.75 bits per heavy atom. The average Bonchev–Trinajstić information content (AvgIpc) is 2.17. The molecule has 0 fully saturated rings. The van der Waals surface area contributed by atoms with Crippen LogP contribution in [-0.4, -0.2) is 26.8 Å². The van der Waals surface area contributed by atoms with Crippen LogP contribution in [0.2, 0.25) is 0 Å². The van der Waals surface area contributed by atoms with E-state index in [1.807, 2.05) is 0 Å². The fraction of sp³-hybridized carbons (Fsp3) is 0.111. The Labute approximate surface area is 91.3 Å². The summed E-state index contributed by atoms with van der Waals surface area (Å²) in [6.07, 6.45) is 3.54. The van der Waals surface area contributed by atoms with Gasteiger partial charge in [-0.05, 0) is 18.2 Å². The molecule has 0 N–H and O–H groups in total. The van der Waals surface area contributed by atoms with E-state index in [-0.39, 0.29) is 16.3 Å². The highest BCUT2D eigenvalue weighted by molar-refractivity contribution is 7.90. The largest absolute Gasteiger partial charge is 0.240 e. The maximum Gasteiger partial charge on any atom is 0.240 e. The Kier molecular flexibility index (Phi) is 3.48. The predicted octanol–water partition coefficient (Wildman–Crippen LogP) is 1.02. The monoisotopic (exact) mass is 238 g/mol. The Morgan fingerprint density at radius 2 is 1.44 bits per heavy atom. The van der Waals surface area contributed by atoms with Gasteiger partial charge >= 0.3 is 0 Å². The minimum Gasteiger partial charge on any atom is -0.224 e. The van der Waals surface area contributed by atoms with E-state index < -0.39 is 9.84 Å². The van der Waals surface area contributed by atoms with Gasteiger partial charge in [-0.2, -0.15) is 9.98 Å². The number of carbonyl (C=O) groups excluding carboxylic acids is 2. The van der Waals surface area contributed by atoms with Crippen LogP contribution >= 0.6 is 0 Å². The van der Waals surface area contributed by atoms with E-state index in [0.29, 0.717) is 0 Å². The average molecular weight is 238 g/mol. The predicted molar refractivity (Wildman–Crippen MR) is 55.1 cm³/mol. The van der Waals surface area contributed by atoms with Crippen molar-refractivity contribution in [2.24, 2.45) is 9.98 Å². The SMILES string of the molecule is CS(=O)(=O)c1cc(N=C=O)cc(N=C=O)c1. The van der Waals surface area contributed by atoms with Crippen molar-refractivity contribution < 1.29 is 18.0 Å². The van der Waals surface area contributed by atoms with Crippen LogP contribution in [0.1, 0.15) is 0 Å². The molecule has 0 aromatic heterocycles. The lowest BCUT2D eigenvalue weighted by Gasteiger charge is -2.00. The van der Waals surface area contributed by atoms with Crippen molar-refractivity contribution in [2.75, 3.05) is 6.26 Å². The van der Waals surface area contributed by atoms with Gasteiger partial charge in [-0.1, -0.05) is 0 Å². The molecule has 0 saturated heterocycles. The molecule has 0 aliphatic carbocycles. The third-order valence-electron chi connectivity index (χ3n) is 1.65. The highest BCUT2D eigenvalue weighted by Gasteiger charge is 2.09. The molecule has 0 atom stereocenters. The molecule has 82 valence electrons. The van der Waals surface area contributed by atoms with Gasteiger partial charge in [0.05, 0.1) is 16.3 Å². The summed E-state index contributed by atoms with van der Waals surface area (Å²) in [6.45, 7) is 0. The van der Waals surface area contributed by atoms with Gasteiger partial charge in [0.2, 0.25) is 12.2 Å². The maximum atomic E-state index is 11.3. The van der Waals surface area contributed by atoms with Crippen molar-refractivity contribution >= 4 is 33.4 Å². The zero-order chi connectivity index (χ0) is 12.2. The molecule has 0 amide bonds. The minimum absolute atomic E-state index is 0.0620. The first-order chi connectivity index (χ1) is 7.47. The number of sulfone groups is 1. The van der Waals surface area contributed by atoms with Crippen molar-refractivity contribution in [3.05, 3.63) is 18.2 Å². The van der Waals surface area contributed by atoms with Crippen LogP contribution in [-0.2, 0) is 19.4 Å². The molecule has 16 heavy (non-hydrogen) atoms. The first-order valence-corrected chi connectivity index (χ1v) is 5.87. The molecule has 0 bridgehead atoms. The van der Waals surface area contributed by atoms with Gasteiger partial charge in [0.1, 0.15) is 0 Å². The van der Waals surface area contributed by atoms with Crippen LogP contribution < -0.4 is 0 Å². The van der Waals surface area contributed by atoms with E-state index >= 15 is 0 Å². The van der Waals surface area contributed by atoms with Crippen molar-refractivity contribution in [2.45, 2.75) is 4.90 Å². The molecule has 6 nitrogen and oxygen atoms in total. The number of rotatable bonds is 3. The summed E-state index contributed by atoms with van der Waals surface area (Å²) in [6, 6.07) is 3.64. The molecular formula is C9H6N2O4S. The lowest BCUT2D eigenvalue weighted by Crippen LogP contribution is -1.96. The number of isocyanates is 2. The molecule has 1 rings (SSSR count). The van der Waals surface area contributed by atoms with Gasteiger partial charge < -0.3 is 0 Å². The topological polar surface area (TPSA) is 93.0 Å². The summed E-state index contributed by atoms with van der Waals surface area (Å²) >= 11 is 0. The highest BCUT2D eigenvalue weighted by atomic mass is 32.2. The molecule has 1 aromatic carbocycles. The standard InChI is InChI=1S/C9H6N2O4S/c1-16(14,15)9-3-7(10-5-12)2-8(4-9)11-6-13/h2-4H,1H3. The van der Waals surface area contributed by atoms with E-state index in [0.717, 1.165) is 6.26 Å². The summed E-state index contributed by atoms with van der Waals surface area (Å²) in [4.78, 5) is 26.6. The normalized spacial score (nSPS) is 10.1. The Balaban J connectivity index is 3.52. The summed E-state index contributed by atoms with van der Waals surface area (Å²) < 4.78 is 22.5. The zero-order valence-corrected chi connectivity index (χ0v) is 8.98. The molecule has 1 aromatic rings. The van der Waals surface area contributed by atoms with Crippen LogP contribution in [0.5, 0.6) is 0 Å². The molecule has 0 saturated carbocycles. The number of aliphatic imine (C=N–C) groups is 2. The number of nitrogens with zero attached hydrogens (tertiary/aromatic N) is 2. The summed E-state index contributed by atoms with van der Waals surface area (Å²) in [7, 11) is -3.46. The van der Waals surface area contributed by atoms with Gasteiger partial charge in [0.15, 0.2) is 9.84 Å². The third-order valence-corrected chi connectivity index (χ3v) is 2.75. The Hall–Kier alpha value is -2.07. The van der Waals surface area contributed by atoms with Gasteiger partial charge in [0, 0.05) is 6.26 Å². The molecule has 0 radical (unpaired) electrons. The van der Waals surface area contributed by atoms with E-state index in [9.17, 15) is 18.0 Å². The summed E-state index contributed by atoms with van der Waals surface area (Å²) in [5, 5.41) is 0. The van der Waals surface area contributed by atoms with E-state index in [1.165, 1.54) is 30.4 Å². The second kappa shape index (κ2) is 4.63. The lowest BCUT2D eigenvalue weighted by atomic mass is 10.3. The van der Waals surface area contributed by atoms with Gasteiger partial charge in [-0.15, -0.1) is 0 Å². The summed E-state index contributed by atoms with van der Waals surface area (Å²) in [5.41, 5.74) is 0.124. The van der Waals surface area contributed by atoms with Crippen molar-refractivity contribution in [1.82, 2.24) is 0 Å². The zero-order valence-electron chi connectivity index (χ0n) is 8.17. The quantitative estimate of drug-likeness (QED) is 0.580. The van der Waals surface area contributed by atoms with E-state index in [1.54, 1.807) is 0 Å². The van der Waals surface area contributed by atoms with Gasteiger partial charge in [0.25, 0.3) is 0 Å². The Bertz CT molecular complexity index is 572. The molecule has 7 heteroatoms. The molecule has 0 aliphatic heterocycles.